The SMILES string of the molecule is COc1cc(Cl)ccc1C(=O)NCC(C)c1ccc(OC(C)(C)C(=O)O)cc1. The molecule has 0 aliphatic rings. The number of carbonyl (C=O) groups excluding carboxylic acids is 1. The van der Waals surface area contributed by atoms with E-state index in [0.717, 1.165) is 5.56 Å². The van der Waals surface area contributed by atoms with Gasteiger partial charge in [0.05, 0.1) is 12.7 Å². The zero-order valence-electron chi connectivity index (χ0n) is 16.3. The molecule has 2 aromatic rings. The second kappa shape index (κ2) is 8.97. The monoisotopic (exact) mass is 405 g/mol. The predicted molar refractivity (Wildman–Crippen MR) is 108 cm³/mol. The number of methoxy groups -OCH3 is 1. The van der Waals surface area contributed by atoms with Crippen molar-refractivity contribution in [1.29, 1.82) is 0 Å². The van der Waals surface area contributed by atoms with E-state index >= 15 is 0 Å². The molecule has 1 amide bonds. The molecule has 2 rings (SSSR count). The van der Waals surface area contributed by atoms with Crippen LogP contribution in [0.4, 0.5) is 0 Å². The number of benzene rings is 2. The summed E-state index contributed by atoms with van der Waals surface area (Å²) in [4.78, 5) is 23.6. The Labute approximate surface area is 169 Å². The van der Waals surface area contributed by atoms with Crippen LogP contribution in [-0.2, 0) is 4.79 Å². The zero-order chi connectivity index (χ0) is 20.9. The Morgan fingerprint density at radius 1 is 1.18 bits per heavy atom. The molecule has 0 spiro atoms. The maximum atomic E-state index is 12.4. The number of carboxylic acids is 1. The number of halogens is 1. The highest BCUT2D eigenvalue weighted by molar-refractivity contribution is 6.30. The minimum Gasteiger partial charge on any atom is -0.496 e. The Morgan fingerprint density at radius 2 is 1.82 bits per heavy atom. The molecule has 28 heavy (non-hydrogen) atoms. The second-order valence-corrected chi connectivity index (χ2v) is 7.38. The van der Waals surface area contributed by atoms with Crippen LogP contribution in [0.3, 0.4) is 0 Å². The Morgan fingerprint density at radius 3 is 2.39 bits per heavy atom. The van der Waals surface area contributed by atoms with Crippen molar-refractivity contribution in [3.05, 3.63) is 58.6 Å². The molecule has 0 fully saturated rings. The molecule has 0 heterocycles. The highest BCUT2D eigenvalue weighted by Crippen LogP contribution is 2.24. The molecule has 6 nitrogen and oxygen atoms in total. The molecule has 1 atom stereocenters. The van der Waals surface area contributed by atoms with E-state index in [2.05, 4.69) is 5.32 Å². The van der Waals surface area contributed by atoms with Crippen molar-refractivity contribution >= 4 is 23.5 Å². The van der Waals surface area contributed by atoms with Crippen molar-refractivity contribution < 1.29 is 24.2 Å². The van der Waals surface area contributed by atoms with Gasteiger partial charge in [-0.05, 0) is 55.7 Å². The van der Waals surface area contributed by atoms with E-state index in [1.165, 1.54) is 21.0 Å². The number of ether oxygens (including phenoxy) is 2. The van der Waals surface area contributed by atoms with E-state index in [4.69, 9.17) is 26.2 Å². The smallest absolute Gasteiger partial charge is 0.347 e. The lowest BCUT2D eigenvalue weighted by molar-refractivity contribution is -0.152. The molecule has 7 heteroatoms. The summed E-state index contributed by atoms with van der Waals surface area (Å²) in [5, 5.41) is 12.5. The van der Waals surface area contributed by atoms with Gasteiger partial charge in [0.25, 0.3) is 5.91 Å². The van der Waals surface area contributed by atoms with Gasteiger partial charge in [0.1, 0.15) is 11.5 Å². The van der Waals surface area contributed by atoms with Gasteiger partial charge < -0.3 is 19.9 Å². The van der Waals surface area contributed by atoms with Crippen LogP contribution in [0.1, 0.15) is 42.6 Å². The summed E-state index contributed by atoms with van der Waals surface area (Å²) < 4.78 is 10.7. The van der Waals surface area contributed by atoms with Crippen molar-refractivity contribution in [3.8, 4) is 11.5 Å². The van der Waals surface area contributed by atoms with E-state index < -0.39 is 11.6 Å². The number of hydrogen-bond acceptors (Lipinski definition) is 4. The van der Waals surface area contributed by atoms with Gasteiger partial charge in [0.15, 0.2) is 5.60 Å². The molecular formula is C21H24ClNO5. The zero-order valence-corrected chi connectivity index (χ0v) is 17.0. The minimum atomic E-state index is -1.31. The van der Waals surface area contributed by atoms with Crippen molar-refractivity contribution in [2.24, 2.45) is 0 Å². The summed E-state index contributed by atoms with van der Waals surface area (Å²) in [6.07, 6.45) is 0. The average molecular weight is 406 g/mol. The first-order valence-corrected chi connectivity index (χ1v) is 9.16. The highest BCUT2D eigenvalue weighted by Gasteiger charge is 2.29. The highest BCUT2D eigenvalue weighted by atomic mass is 35.5. The number of rotatable bonds is 8. The molecule has 0 saturated carbocycles. The van der Waals surface area contributed by atoms with Gasteiger partial charge >= 0.3 is 5.97 Å². The number of hydrogen-bond donors (Lipinski definition) is 2. The molecule has 2 aromatic carbocycles. The van der Waals surface area contributed by atoms with E-state index in [0.29, 0.717) is 28.6 Å². The third kappa shape index (κ3) is 5.39. The largest absolute Gasteiger partial charge is 0.496 e. The van der Waals surface area contributed by atoms with Crippen LogP contribution >= 0.6 is 11.6 Å². The van der Waals surface area contributed by atoms with Crippen molar-refractivity contribution in [3.63, 3.8) is 0 Å². The second-order valence-electron chi connectivity index (χ2n) is 6.94. The maximum absolute atomic E-state index is 12.4. The topological polar surface area (TPSA) is 84.9 Å². The molecule has 0 saturated heterocycles. The number of aliphatic carboxylic acids is 1. The Hall–Kier alpha value is -2.73. The molecular weight excluding hydrogens is 382 g/mol. The summed E-state index contributed by atoms with van der Waals surface area (Å²) in [5.41, 5.74) is 0.0984. The van der Waals surface area contributed by atoms with E-state index in [-0.39, 0.29) is 11.8 Å². The van der Waals surface area contributed by atoms with Crippen molar-refractivity contribution in [2.75, 3.05) is 13.7 Å². The summed E-state index contributed by atoms with van der Waals surface area (Å²) in [7, 11) is 1.49. The number of nitrogens with one attached hydrogen (secondary N) is 1. The first-order chi connectivity index (χ1) is 13.1. The lowest BCUT2D eigenvalue weighted by Gasteiger charge is -2.22. The number of carbonyl (C=O) groups is 2. The van der Waals surface area contributed by atoms with Crippen molar-refractivity contribution in [2.45, 2.75) is 32.3 Å². The van der Waals surface area contributed by atoms with Crippen LogP contribution in [-0.4, -0.2) is 36.2 Å². The third-order valence-electron chi connectivity index (χ3n) is 4.31. The fourth-order valence-electron chi connectivity index (χ4n) is 2.51. The normalized spacial score (nSPS) is 12.2. The van der Waals surface area contributed by atoms with E-state index in [9.17, 15) is 9.59 Å². The van der Waals surface area contributed by atoms with Gasteiger partial charge in [-0.2, -0.15) is 0 Å². The summed E-state index contributed by atoms with van der Waals surface area (Å²) in [6.45, 7) is 5.39. The molecule has 0 aliphatic heterocycles. The summed E-state index contributed by atoms with van der Waals surface area (Å²) in [6, 6.07) is 12.0. The van der Waals surface area contributed by atoms with Crippen LogP contribution in [0.5, 0.6) is 11.5 Å². The third-order valence-corrected chi connectivity index (χ3v) is 4.55. The van der Waals surface area contributed by atoms with Gasteiger partial charge in [-0.15, -0.1) is 0 Å². The molecule has 2 N–H and O–H groups in total. The van der Waals surface area contributed by atoms with Gasteiger partial charge in [-0.25, -0.2) is 4.79 Å². The van der Waals surface area contributed by atoms with Gasteiger partial charge in [-0.1, -0.05) is 30.7 Å². The number of carboxylic acid groups (broad SMARTS) is 1. The summed E-state index contributed by atoms with van der Waals surface area (Å²) >= 11 is 5.92. The predicted octanol–water partition coefficient (Wildman–Crippen LogP) is 4.12. The Bertz CT molecular complexity index is 848. The first-order valence-electron chi connectivity index (χ1n) is 8.78. The minimum absolute atomic E-state index is 0.0452. The lowest BCUT2D eigenvalue weighted by Crippen LogP contribution is -2.37. The van der Waals surface area contributed by atoms with Gasteiger partial charge in [-0.3, -0.25) is 4.79 Å². The van der Waals surface area contributed by atoms with Crippen LogP contribution in [0.15, 0.2) is 42.5 Å². The standard InChI is InChI=1S/C21H24ClNO5/c1-13(12-23-19(24)17-10-7-15(22)11-18(17)27-4)14-5-8-16(9-6-14)28-21(2,3)20(25)26/h5-11,13H,12H2,1-4H3,(H,23,24)(H,25,26). The first kappa shape index (κ1) is 21.6. The molecule has 0 aliphatic carbocycles. The van der Waals surface area contributed by atoms with Crippen LogP contribution in [0.2, 0.25) is 5.02 Å². The Balaban J connectivity index is 1.99. The van der Waals surface area contributed by atoms with E-state index in [1.807, 2.05) is 19.1 Å². The van der Waals surface area contributed by atoms with Crippen LogP contribution < -0.4 is 14.8 Å². The Kier molecular flexibility index (Phi) is 6.91. The lowest BCUT2D eigenvalue weighted by atomic mass is 10.0. The van der Waals surface area contributed by atoms with Crippen LogP contribution in [0.25, 0.3) is 0 Å². The van der Waals surface area contributed by atoms with E-state index in [1.54, 1.807) is 30.3 Å². The number of amides is 1. The molecule has 0 radical (unpaired) electrons. The fraction of sp³-hybridized carbons (Fsp3) is 0.333. The van der Waals surface area contributed by atoms with Crippen LogP contribution in [0, 0.1) is 0 Å². The maximum Gasteiger partial charge on any atom is 0.347 e. The average Bonchev–Trinajstić information content (AvgIpc) is 2.65. The molecule has 150 valence electrons. The quantitative estimate of drug-likeness (QED) is 0.689. The molecule has 1 unspecified atom stereocenters. The van der Waals surface area contributed by atoms with Gasteiger partial charge in [0.2, 0.25) is 0 Å². The molecule has 0 aromatic heterocycles. The van der Waals surface area contributed by atoms with Gasteiger partial charge in [0, 0.05) is 11.6 Å². The molecule has 0 bridgehead atoms. The van der Waals surface area contributed by atoms with Crippen molar-refractivity contribution in [1.82, 2.24) is 5.32 Å². The fourth-order valence-corrected chi connectivity index (χ4v) is 2.68. The summed E-state index contributed by atoms with van der Waals surface area (Å²) in [5.74, 6) is -0.351.